The second-order valence-electron chi connectivity index (χ2n) is 7.14. The lowest BCUT2D eigenvalue weighted by Gasteiger charge is -2.18. The fourth-order valence-electron chi connectivity index (χ4n) is 3.28. The molecule has 1 N–H and O–H groups in total. The molecule has 0 saturated carbocycles. The van der Waals surface area contributed by atoms with Crippen molar-refractivity contribution in [1.29, 1.82) is 0 Å². The molecule has 154 valence electrons. The number of carbonyl (C=O) groups excluding carboxylic acids is 2. The molecule has 0 unspecified atom stereocenters. The summed E-state index contributed by atoms with van der Waals surface area (Å²) >= 11 is 5.93. The van der Waals surface area contributed by atoms with Crippen molar-refractivity contribution in [3.05, 3.63) is 53.6 Å². The summed E-state index contributed by atoms with van der Waals surface area (Å²) in [6.07, 6.45) is 2.26. The first-order chi connectivity index (χ1) is 14.0. The molecule has 2 amide bonds. The molecule has 0 bridgehead atoms. The van der Waals surface area contributed by atoms with Gasteiger partial charge in [0.15, 0.2) is 0 Å². The van der Waals surface area contributed by atoms with Gasteiger partial charge in [-0.3, -0.25) is 14.5 Å². The van der Waals surface area contributed by atoms with E-state index < -0.39 is 0 Å². The fraction of sp³-hybridized carbons (Fsp3) is 0.364. The van der Waals surface area contributed by atoms with E-state index in [0.29, 0.717) is 23.7 Å². The van der Waals surface area contributed by atoms with Crippen molar-refractivity contribution in [3.8, 4) is 5.75 Å². The Hall–Kier alpha value is -2.57. The Bertz CT molecular complexity index is 859. The molecule has 0 atom stereocenters. The van der Waals surface area contributed by atoms with E-state index in [4.69, 9.17) is 16.3 Å². The van der Waals surface area contributed by atoms with Gasteiger partial charge in [-0.15, -0.1) is 0 Å². The second kappa shape index (κ2) is 10.3. The van der Waals surface area contributed by atoms with E-state index in [2.05, 4.69) is 5.32 Å². The Labute approximate surface area is 176 Å². The quantitative estimate of drug-likeness (QED) is 0.632. The van der Waals surface area contributed by atoms with Crippen molar-refractivity contribution >= 4 is 34.8 Å². The number of nitrogens with zero attached hydrogens (tertiary/aromatic N) is 2. The number of ether oxygens (including phenoxy) is 1. The molecular weight excluding hydrogens is 390 g/mol. The molecule has 29 heavy (non-hydrogen) atoms. The maximum Gasteiger partial charge on any atom is 0.238 e. The lowest BCUT2D eigenvalue weighted by Crippen LogP contribution is -2.31. The van der Waals surface area contributed by atoms with E-state index in [1.807, 2.05) is 48.3 Å². The molecule has 3 rings (SSSR count). The van der Waals surface area contributed by atoms with Gasteiger partial charge in [0, 0.05) is 35.9 Å². The minimum atomic E-state index is -0.0897. The minimum absolute atomic E-state index is 0.0897. The van der Waals surface area contributed by atoms with Gasteiger partial charge in [-0.2, -0.15) is 0 Å². The number of likely N-dealkylation sites (N-methyl/N-ethyl adjacent to an activating group) is 1. The second-order valence-corrected chi connectivity index (χ2v) is 7.58. The highest BCUT2D eigenvalue weighted by molar-refractivity contribution is 6.30. The lowest BCUT2D eigenvalue weighted by molar-refractivity contribution is -0.117. The average molecular weight is 416 g/mol. The van der Waals surface area contributed by atoms with Crippen LogP contribution in [-0.4, -0.2) is 50.0 Å². The van der Waals surface area contributed by atoms with Crippen molar-refractivity contribution < 1.29 is 14.3 Å². The third kappa shape index (κ3) is 6.48. The molecule has 0 aliphatic carbocycles. The van der Waals surface area contributed by atoms with Crippen LogP contribution in [0, 0.1) is 0 Å². The van der Waals surface area contributed by atoms with E-state index in [1.165, 1.54) is 0 Å². The summed E-state index contributed by atoms with van der Waals surface area (Å²) in [5, 5.41) is 3.56. The Balaban J connectivity index is 1.40. The zero-order chi connectivity index (χ0) is 20.6. The Morgan fingerprint density at radius 1 is 1.24 bits per heavy atom. The number of hydrogen-bond acceptors (Lipinski definition) is 4. The molecule has 0 aromatic heterocycles. The molecular formula is C22H26ClN3O3. The first-order valence-electron chi connectivity index (χ1n) is 9.78. The normalized spacial score (nSPS) is 13.8. The van der Waals surface area contributed by atoms with Crippen LogP contribution in [0.15, 0.2) is 48.5 Å². The van der Waals surface area contributed by atoms with Gasteiger partial charge in [-0.1, -0.05) is 23.7 Å². The van der Waals surface area contributed by atoms with Crippen LogP contribution in [0.5, 0.6) is 5.75 Å². The zero-order valence-electron chi connectivity index (χ0n) is 16.6. The van der Waals surface area contributed by atoms with Crippen LogP contribution >= 0.6 is 11.6 Å². The third-order valence-corrected chi connectivity index (χ3v) is 4.91. The van der Waals surface area contributed by atoms with Gasteiger partial charge >= 0.3 is 0 Å². The van der Waals surface area contributed by atoms with Crippen molar-refractivity contribution in [2.45, 2.75) is 19.3 Å². The van der Waals surface area contributed by atoms with Crippen molar-refractivity contribution in [2.24, 2.45) is 0 Å². The smallest absolute Gasteiger partial charge is 0.238 e. The monoisotopic (exact) mass is 415 g/mol. The summed E-state index contributed by atoms with van der Waals surface area (Å²) in [5.41, 5.74) is 1.53. The zero-order valence-corrected chi connectivity index (χ0v) is 17.3. The standard InChI is InChI=1S/C22H26ClN3O3/c1-25(11-5-13-29-20-9-2-6-17(23)14-20)16-21(27)24-18-7-3-8-19(15-18)26-12-4-10-22(26)28/h2-3,6-9,14-15H,4-5,10-13,16H2,1H3,(H,24,27). The number of halogens is 1. The Kier molecular flexibility index (Phi) is 7.49. The van der Waals surface area contributed by atoms with E-state index >= 15 is 0 Å². The van der Waals surface area contributed by atoms with Crippen LogP contribution in [0.3, 0.4) is 0 Å². The molecule has 2 aromatic carbocycles. The maximum atomic E-state index is 12.3. The summed E-state index contributed by atoms with van der Waals surface area (Å²) in [4.78, 5) is 27.9. The lowest BCUT2D eigenvalue weighted by atomic mass is 10.2. The largest absolute Gasteiger partial charge is 0.493 e. The molecule has 0 spiro atoms. The van der Waals surface area contributed by atoms with Crippen LogP contribution in [0.2, 0.25) is 5.02 Å². The van der Waals surface area contributed by atoms with E-state index in [9.17, 15) is 9.59 Å². The number of amides is 2. The summed E-state index contributed by atoms with van der Waals surface area (Å²) in [6.45, 7) is 2.30. The molecule has 1 saturated heterocycles. The molecule has 7 heteroatoms. The topological polar surface area (TPSA) is 61.9 Å². The first kappa shape index (κ1) is 21.1. The minimum Gasteiger partial charge on any atom is -0.493 e. The van der Waals surface area contributed by atoms with Gasteiger partial charge < -0.3 is 15.0 Å². The highest BCUT2D eigenvalue weighted by Crippen LogP contribution is 2.24. The predicted octanol–water partition coefficient (Wildman–Crippen LogP) is 3.81. The van der Waals surface area contributed by atoms with Crippen molar-refractivity contribution in [2.75, 3.05) is 43.5 Å². The molecule has 1 fully saturated rings. The number of benzene rings is 2. The van der Waals surface area contributed by atoms with E-state index in [1.54, 1.807) is 17.0 Å². The van der Waals surface area contributed by atoms with E-state index in [0.717, 1.165) is 37.4 Å². The van der Waals surface area contributed by atoms with Gasteiger partial charge in [0.1, 0.15) is 5.75 Å². The number of carbonyl (C=O) groups is 2. The summed E-state index contributed by atoms with van der Waals surface area (Å²) in [7, 11) is 1.90. The average Bonchev–Trinajstić information content (AvgIpc) is 3.11. The molecule has 1 aliphatic rings. The van der Waals surface area contributed by atoms with E-state index in [-0.39, 0.29) is 18.4 Å². The van der Waals surface area contributed by atoms with Crippen molar-refractivity contribution in [3.63, 3.8) is 0 Å². The number of anilines is 2. The predicted molar refractivity (Wildman–Crippen MR) is 116 cm³/mol. The van der Waals surface area contributed by atoms with Gasteiger partial charge in [-0.05, 0) is 56.3 Å². The molecule has 6 nitrogen and oxygen atoms in total. The van der Waals surface area contributed by atoms with Crippen LogP contribution < -0.4 is 15.0 Å². The maximum absolute atomic E-state index is 12.3. The Morgan fingerprint density at radius 3 is 2.83 bits per heavy atom. The summed E-state index contributed by atoms with van der Waals surface area (Å²) < 4.78 is 5.66. The highest BCUT2D eigenvalue weighted by Gasteiger charge is 2.21. The van der Waals surface area contributed by atoms with Gasteiger partial charge in [-0.25, -0.2) is 0 Å². The van der Waals surface area contributed by atoms with Crippen LogP contribution in [0.1, 0.15) is 19.3 Å². The molecule has 0 radical (unpaired) electrons. The highest BCUT2D eigenvalue weighted by atomic mass is 35.5. The number of rotatable bonds is 9. The third-order valence-electron chi connectivity index (χ3n) is 4.68. The fourth-order valence-corrected chi connectivity index (χ4v) is 3.46. The van der Waals surface area contributed by atoms with Crippen LogP contribution in [-0.2, 0) is 9.59 Å². The van der Waals surface area contributed by atoms with Crippen molar-refractivity contribution in [1.82, 2.24) is 4.90 Å². The van der Waals surface area contributed by atoms with Crippen LogP contribution in [0.25, 0.3) is 0 Å². The number of nitrogens with one attached hydrogen (secondary N) is 1. The molecule has 1 heterocycles. The Morgan fingerprint density at radius 2 is 2.07 bits per heavy atom. The molecule has 1 aliphatic heterocycles. The van der Waals surface area contributed by atoms with Gasteiger partial charge in [0.25, 0.3) is 0 Å². The van der Waals surface area contributed by atoms with Gasteiger partial charge in [0.05, 0.1) is 13.2 Å². The summed E-state index contributed by atoms with van der Waals surface area (Å²) in [5.74, 6) is 0.788. The van der Waals surface area contributed by atoms with Crippen LogP contribution in [0.4, 0.5) is 11.4 Å². The first-order valence-corrected chi connectivity index (χ1v) is 10.2. The SMILES string of the molecule is CN(CCCOc1cccc(Cl)c1)CC(=O)Nc1cccc(N2CCCC2=O)c1. The molecule has 2 aromatic rings. The number of hydrogen-bond donors (Lipinski definition) is 1. The van der Waals surface area contributed by atoms with Gasteiger partial charge in [0.2, 0.25) is 11.8 Å². The summed E-state index contributed by atoms with van der Waals surface area (Å²) in [6, 6.07) is 14.7.